The molecular weight excluding hydrogens is 336 g/mol. The summed E-state index contributed by atoms with van der Waals surface area (Å²) in [5.74, 6) is 1.84. The molecule has 0 spiro atoms. The summed E-state index contributed by atoms with van der Waals surface area (Å²) < 4.78 is 5.35. The van der Waals surface area contributed by atoms with Crippen LogP contribution in [0.1, 0.15) is 11.1 Å². The zero-order valence-electron chi connectivity index (χ0n) is 14.3. The van der Waals surface area contributed by atoms with Crippen molar-refractivity contribution in [2.24, 2.45) is 0 Å². The van der Waals surface area contributed by atoms with Crippen molar-refractivity contribution in [2.45, 2.75) is 13.8 Å². The minimum absolute atomic E-state index is 0.514. The highest BCUT2D eigenvalue weighted by atomic mass is 35.5. The molecule has 0 aliphatic carbocycles. The van der Waals surface area contributed by atoms with Gasteiger partial charge in [0.25, 0.3) is 0 Å². The van der Waals surface area contributed by atoms with Gasteiger partial charge in [-0.3, -0.25) is 0 Å². The highest BCUT2D eigenvalue weighted by molar-refractivity contribution is 6.31. The van der Waals surface area contributed by atoms with Gasteiger partial charge in [0.05, 0.1) is 12.8 Å². The Balaban J connectivity index is 1.85. The van der Waals surface area contributed by atoms with Crippen molar-refractivity contribution in [3.63, 3.8) is 0 Å². The molecule has 1 aromatic heterocycles. The highest BCUT2D eigenvalue weighted by Gasteiger charge is 2.07. The van der Waals surface area contributed by atoms with Gasteiger partial charge in [0.15, 0.2) is 0 Å². The van der Waals surface area contributed by atoms with Crippen molar-refractivity contribution in [2.75, 3.05) is 17.7 Å². The summed E-state index contributed by atoms with van der Waals surface area (Å²) in [6.45, 7) is 4.14. The first-order valence-corrected chi connectivity index (χ1v) is 8.21. The van der Waals surface area contributed by atoms with Crippen LogP contribution >= 0.6 is 11.6 Å². The molecule has 1 heterocycles. The number of aromatic nitrogens is 2. The number of hydrogen-bond donors (Lipinski definition) is 2. The average Bonchev–Trinajstić information content (AvgIpc) is 2.60. The predicted molar refractivity (Wildman–Crippen MR) is 103 cm³/mol. The molecule has 2 aromatic carbocycles. The SMILES string of the molecule is COc1ccc(Cl)cc1Nc1ccnc(Nc2cccc(C)c2C)n1. The largest absolute Gasteiger partial charge is 0.495 e. The van der Waals surface area contributed by atoms with E-state index in [4.69, 9.17) is 16.3 Å². The third-order valence-electron chi connectivity index (χ3n) is 3.93. The van der Waals surface area contributed by atoms with E-state index in [1.54, 1.807) is 37.6 Å². The van der Waals surface area contributed by atoms with Gasteiger partial charge in [-0.1, -0.05) is 23.7 Å². The molecule has 128 valence electrons. The number of nitrogens with one attached hydrogen (secondary N) is 2. The van der Waals surface area contributed by atoms with Crippen LogP contribution in [0.25, 0.3) is 0 Å². The second-order valence-electron chi connectivity index (χ2n) is 5.61. The first-order chi connectivity index (χ1) is 12.1. The Labute approximate surface area is 152 Å². The van der Waals surface area contributed by atoms with Crippen LogP contribution in [0.3, 0.4) is 0 Å². The Bertz CT molecular complexity index is 898. The van der Waals surface area contributed by atoms with Gasteiger partial charge in [0, 0.05) is 16.9 Å². The van der Waals surface area contributed by atoms with Crippen molar-refractivity contribution in [3.05, 3.63) is 64.8 Å². The summed E-state index contributed by atoms with van der Waals surface area (Å²) in [5.41, 5.74) is 4.10. The quantitative estimate of drug-likeness (QED) is 0.656. The number of ether oxygens (including phenoxy) is 1. The van der Waals surface area contributed by atoms with Gasteiger partial charge in [-0.15, -0.1) is 0 Å². The van der Waals surface area contributed by atoms with E-state index < -0.39 is 0 Å². The summed E-state index contributed by atoms with van der Waals surface area (Å²) in [4.78, 5) is 8.79. The third-order valence-corrected chi connectivity index (χ3v) is 4.17. The van der Waals surface area contributed by atoms with Crippen molar-refractivity contribution in [3.8, 4) is 5.75 Å². The molecule has 5 nitrogen and oxygen atoms in total. The molecule has 0 saturated carbocycles. The lowest BCUT2D eigenvalue weighted by molar-refractivity contribution is 0.417. The van der Waals surface area contributed by atoms with Crippen LogP contribution in [-0.4, -0.2) is 17.1 Å². The molecule has 0 atom stereocenters. The van der Waals surface area contributed by atoms with Crippen molar-refractivity contribution in [1.82, 2.24) is 9.97 Å². The van der Waals surface area contributed by atoms with Crippen molar-refractivity contribution >= 4 is 34.7 Å². The van der Waals surface area contributed by atoms with Crippen LogP contribution in [-0.2, 0) is 0 Å². The first kappa shape index (κ1) is 17.0. The molecule has 0 fully saturated rings. The normalized spacial score (nSPS) is 10.4. The number of aryl methyl sites for hydroxylation is 1. The molecule has 0 aliphatic rings. The van der Waals surface area contributed by atoms with Gasteiger partial charge in [0.2, 0.25) is 5.95 Å². The van der Waals surface area contributed by atoms with Crippen LogP contribution < -0.4 is 15.4 Å². The lowest BCUT2D eigenvalue weighted by atomic mass is 10.1. The number of halogens is 1. The van der Waals surface area contributed by atoms with Crippen LogP contribution in [0.5, 0.6) is 5.75 Å². The fraction of sp³-hybridized carbons (Fsp3) is 0.158. The first-order valence-electron chi connectivity index (χ1n) is 7.83. The molecule has 2 N–H and O–H groups in total. The molecule has 0 saturated heterocycles. The lowest BCUT2D eigenvalue weighted by Gasteiger charge is -2.13. The Morgan fingerprint density at radius 2 is 1.84 bits per heavy atom. The van der Waals surface area contributed by atoms with E-state index in [2.05, 4.69) is 40.5 Å². The van der Waals surface area contributed by atoms with E-state index >= 15 is 0 Å². The van der Waals surface area contributed by atoms with Gasteiger partial charge in [-0.25, -0.2) is 4.98 Å². The van der Waals surface area contributed by atoms with Gasteiger partial charge >= 0.3 is 0 Å². The fourth-order valence-corrected chi connectivity index (χ4v) is 2.58. The summed E-state index contributed by atoms with van der Waals surface area (Å²) >= 11 is 6.07. The van der Waals surface area contributed by atoms with Crippen molar-refractivity contribution in [1.29, 1.82) is 0 Å². The van der Waals surface area contributed by atoms with E-state index in [1.807, 2.05) is 12.1 Å². The Morgan fingerprint density at radius 1 is 1.00 bits per heavy atom. The summed E-state index contributed by atoms with van der Waals surface area (Å²) in [7, 11) is 1.61. The van der Waals surface area contributed by atoms with Crippen LogP contribution in [0.15, 0.2) is 48.7 Å². The molecule has 6 heteroatoms. The Morgan fingerprint density at radius 3 is 2.64 bits per heavy atom. The second kappa shape index (κ2) is 7.40. The fourth-order valence-electron chi connectivity index (χ4n) is 2.41. The standard InChI is InChI=1S/C19H19ClN4O/c1-12-5-4-6-15(13(12)2)23-19-21-10-9-18(24-19)22-16-11-14(20)7-8-17(16)25-3/h4-11H,1-3H3,(H2,21,22,23,24). The van der Waals surface area contributed by atoms with Gasteiger partial charge in [0.1, 0.15) is 11.6 Å². The molecule has 0 aliphatic heterocycles. The Hall–Kier alpha value is -2.79. The average molecular weight is 355 g/mol. The maximum Gasteiger partial charge on any atom is 0.229 e. The number of anilines is 4. The van der Waals surface area contributed by atoms with Crippen LogP contribution in [0.2, 0.25) is 5.02 Å². The van der Waals surface area contributed by atoms with E-state index in [0.29, 0.717) is 22.5 Å². The zero-order chi connectivity index (χ0) is 17.8. The van der Waals surface area contributed by atoms with Crippen molar-refractivity contribution < 1.29 is 4.74 Å². The highest BCUT2D eigenvalue weighted by Crippen LogP contribution is 2.30. The number of methoxy groups -OCH3 is 1. The molecule has 0 radical (unpaired) electrons. The van der Waals surface area contributed by atoms with E-state index in [1.165, 1.54) is 11.1 Å². The maximum atomic E-state index is 6.07. The summed E-state index contributed by atoms with van der Waals surface area (Å²) in [6, 6.07) is 13.2. The molecule has 0 unspecified atom stereocenters. The summed E-state index contributed by atoms with van der Waals surface area (Å²) in [6.07, 6.45) is 1.69. The number of nitrogens with zero attached hydrogens (tertiary/aromatic N) is 2. The maximum absolute atomic E-state index is 6.07. The molecular formula is C19H19ClN4O. The number of rotatable bonds is 5. The molecule has 3 rings (SSSR count). The monoisotopic (exact) mass is 354 g/mol. The predicted octanol–water partition coefficient (Wildman–Crippen LogP) is 5.24. The van der Waals surface area contributed by atoms with Crippen LogP contribution in [0, 0.1) is 13.8 Å². The van der Waals surface area contributed by atoms with E-state index in [9.17, 15) is 0 Å². The second-order valence-corrected chi connectivity index (χ2v) is 6.04. The molecule has 0 bridgehead atoms. The lowest BCUT2D eigenvalue weighted by Crippen LogP contribution is -2.02. The minimum atomic E-state index is 0.514. The number of benzene rings is 2. The molecule has 0 amide bonds. The third kappa shape index (κ3) is 4.00. The molecule has 25 heavy (non-hydrogen) atoms. The zero-order valence-corrected chi connectivity index (χ0v) is 15.1. The smallest absolute Gasteiger partial charge is 0.229 e. The minimum Gasteiger partial charge on any atom is -0.495 e. The Kier molecular flexibility index (Phi) is 5.05. The topological polar surface area (TPSA) is 59.1 Å². The van der Waals surface area contributed by atoms with Gasteiger partial charge in [-0.05, 0) is 55.3 Å². The van der Waals surface area contributed by atoms with Gasteiger partial charge < -0.3 is 15.4 Å². The van der Waals surface area contributed by atoms with Gasteiger partial charge in [-0.2, -0.15) is 4.98 Å². The van der Waals surface area contributed by atoms with Crippen LogP contribution in [0.4, 0.5) is 23.1 Å². The molecule has 3 aromatic rings. The summed E-state index contributed by atoms with van der Waals surface area (Å²) in [5, 5.41) is 7.09. The van der Waals surface area contributed by atoms with E-state index in [0.717, 1.165) is 11.4 Å². The number of hydrogen-bond acceptors (Lipinski definition) is 5. The van der Waals surface area contributed by atoms with E-state index in [-0.39, 0.29) is 0 Å².